The smallest absolute Gasteiger partial charge is 0.266 e. The van der Waals surface area contributed by atoms with Crippen LogP contribution in [0.2, 0.25) is 0 Å². The van der Waals surface area contributed by atoms with Gasteiger partial charge in [-0.2, -0.15) is 0 Å². The highest BCUT2D eigenvalue weighted by atomic mass is 16.5. The molecular formula is C34H30N2O5. The minimum atomic E-state index is -1.06. The number of rotatable bonds is 5. The summed E-state index contributed by atoms with van der Waals surface area (Å²) in [5, 5.41) is 9.53. The summed E-state index contributed by atoms with van der Waals surface area (Å²) in [6.07, 6.45) is 1.04. The van der Waals surface area contributed by atoms with Crippen molar-refractivity contribution in [2.24, 2.45) is 5.92 Å². The number of carbonyl (C=O) groups excluding carboxylic acids is 2. The van der Waals surface area contributed by atoms with Crippen molar-refractivity contribution in [1.82, 2.24) is 0 Å². The Morgan fingerprint density at radius 1 is 0.878 bits per heavy atom. The van der Waals surface area contributed by atoms with Crippen LogP contribution in [0.25, 0.3) is 0 Å². The van der Waals surface area contributed by atoms with Gasteiger partial charge in [-0.15, -0.1) is 0 Å². The number of nitrogens with zero attached hydrogens (tertiary/aromatic N) is 2. The lowest BCUT2D eigenvalue weighted by molar-refractivity contribution is -0.146. The number of hydrogen-bond donors (Lipinski definition) is 1. The molecule has 1 saturated heterocycles. The maximum absolute atomic E-state index is 14.2. The lowest BCUT2D eigenvalue weighted by atomic mass is 9.83. The number of fused-ring (bicyclic) bond motifs is 4. The second-order valence-corrected chi connectivity index (χ2v) is 10.9. The van der Waals surface area contributed by atoms with E-state index in [1.165, 1.54) is 0 Å². The highest BCUT2D eigenvalue weighted by Crippen LogP contribution is 2.53. The molecule has 4 aromatic carbocycles. The summed E-state index contributed by atoms with van der Waals surface area (Å²) in [4.78, 5) is 31.6. The van der Waals surface area contributed by atoms with Crippen LogP contribution in [0, 0.1) is 5.92 Å². The van der Waals surface area contributed by atoms with E-state index < -0.39 is 5.60 Å². The molecule has 0 saturated carbocycles. The van der Waals surface area contributed by atoms with Crippen LogP contribution >= 0.6 is 0 Å². The van der Waals surface area contributed by atoms with Crippen LogP contribution in [0.1, 0.15) is 41.3 Å². The molecule has 7 rings (SSSR count). The molecule has 1 fully saturated rings. The Labute approximate surface area is 238 Å². The molecule has 0 unspecified atom stereocenters. The highest BCUT2D eigenvalue weighted by Gasteiger charge is 2.59. The van der Waals surface area contributed by atoms with Crippen LogP contribution in [-0.4, -0.2) is 29.6 Å². The maximum Gasteiger partial charge on any atom is 0.266 e. The van der Waals surface area contributed by atoms with Gasteiger partial charge < -0.3 is 19.5 Å². The van der Waals surface area contributed by atoms with Crippen LogP contribution in [0.15, 0.2) is 97.1 Å². The summed E-state index contributed by atoms with van der Waals surface area (Å²) in [5.41, 5.74) is 3.33. The predicted octanol–water partition coefficient (Wildman–Crippen LogP) is 6.32. The summed E-state index contributed by atoms with van der Waals surface area (Å²) < 4.78 is 12.6. The quantitative estimate of drug-likeness (QED) is 0.317. The first-order valence-electron chi connectivity index (χ1n) is 14.0. The molecule has 7 heteroatoms. The fourth-order valence-corrected chi connectivity index (χ4v) is 6.55. The van der Waals surface area contributed by atoms with Crippen LogP contribution in [-0.2, 0) is 21.7 Å². The van der Waals surface area contributed by atoms with Crippen LogP contribution in [0.5, 0.6) is 11.5 Å². The number of amides is 2. The van der Waals surface area contributed by atoms with Crippen molar-refractivity contribution in [3.8, 4) is 11.5 Å². The number of ether oxygens (including phenoxy) is 2. The monoisotopic (exact) mass is 546 g/mol. The molecule has 0 radical (unpaired) electrons. The summed E-state index contributed by atoms with van der Waals surface area (Å²) in [6.45, 7) is 2.40. The summed E-state index contributed by atoms with van der Waals surface area (Å²) >= 11 is 0. The summed E-state index contributed by atoms with van der Waals surface area (Å²) in [7, 11) is 0. The second-order valence-electron chi connectivity index (χ2n) is 10.9. The zero-order valence-corrected chi connectivity index (χ0v) is 22.7. The van der Waals surface area contributed by atoms with E-state index in [0.717, 1.165) is 16.8 Å². The maximum atomic E-state index is 14.2. The third-order valence-electron chi connectivity index (χ3n) is 8.43. The lowest BCUT2D eigenvalue weighted by Crippen LogP contribution is -2.43. The van der Waals surface area contributed by atoms with Gasteiger partial charge in [-0.25, -0.2) is 0 Å². The summed E-state index contributed by atoms with van der Waals surface area (Å²) in [5.74, 6) is 0.795. The molecule has 206 valence electrons. The molecule has 3 aliphatic rings. The van der Waals surface area contributed by atoms with E-state index in [-0.39, 0.29) is 30.4 Å². The van der Waals surface area contributed by atoms with Gasteiger partial charge in [-0.3, -0.25) is 14.5 Å². The average Bonchev–Trinajstić information content (AvgIpc) is 3.39. The van der Waals surface area contributed by atoms with Gasteiger partial charge in [0.15, 0.2) is 11.4 Å². The average molecular weight is 547 g/mol. The highest BCUT2D eigenvalue weighted by molar-refractivity contribution is 6.14. The van der Waals surface area contributed by atoms with Gasteiger partial charge in [-0.1, -0.05) is 61.5 Å². The van der Waals surface area contributed by atoms with Gasteiger partial charge in [0.2, 0.25) is 0 Å². The van der Waals surface area contributed by atoms with Crippen molar-refractivity contribution in [3.05, 3.63) is 114 Å². The largest absolute Gasteiger partial charge is 0.454 e. The van der Waals surface area contributed by atoms with Crippen molar-refractivity contribution in [1.29, 1.82) is 0 Å². The second kappa shape index (κ2) is 9.87. The Morgan fingerprint density at radius 3 is 2.44 bits per heavy atom. The number of hydrogen-bond acceptors (Lipinski definition) is 5. The molecule has 2 amide bonds. The Kier molecular flexibility index (Phi) is 6.14. The van der Waals surface area contributed by atoms with E-state index in [0.29, 0.717) is 47.8 Å². The van der Waals surface area contributed by atoms with Crippen molar-refractivity contribution < 1.29 is 24.2 Å². The van der Waals surface area contributed by atoms with Gasteiger partial charge in [-0.05, 0) is 60.9 Å². The predicted molar refractivity (Wildman–Crippen MR) is 156 cm³/mol. The molecule has 0 aliphatic carbocycles. The van der Waals surface area contributed by atoms with E-state index in [4.69, 9.17) is 9.47 Å². The van der Waals surface area contributed by atoms with E-state index in [1.54, 1.807) is 21.9 Å². The van der Waals surface area contributed by atoms with E-state index in [2.05, 4.69) is 6.92 Å². The first kappa shape index (κ1) is 25.5. The van der Waals surface area contributed by atoms with Crippen molar-refractivity contribution in [2.45, 2.75) is 38.0 Å². The normalized spacial score (nSPS) is 22.8. The zero-order valence-electron chi connectivity index (χ0n) is 22.7. The van der Waals surface area contributed by atoms with Gasteiger partial charge >= 0.3 is 0 Å². The molecule has 3 atom stereocenters. The van der Waals surface area contributed by atoms with Crippen molar-refractivity contribution in [3.63, 3.8) is 0 Å². The number of para-hydroxylation sites is 4. The number of aliphatic hydroxyl groups is 1. The zero-order chi connectivity index (χ0) is 28.1. The van der Waals surface area contributed by atoms with Gasteiger partial charge in [0.25, 0.3) is 11.8 Å². The van der Waals surface area contributed by atoms with Crippen molar-refractivity contribution >= 4 is 28.9 Å². The van der Waals surface area contributed by atoms with Crippen LogP contribution in [0.4, 0.5) is 17.1 Å². The third kappa shape index (κ3) is 3.96. The number of carbonyl (C=O) groups is 2. The molecule has 3 heterocycles. The molecule has 3 aliphatic heterocycles. The summed E-state index contributed by atoms with van der Waals surface area (Å²) in [6, 6.07) is 30.3. The number of anilines is 3. The Bertz CT molecular complexity index is 1670. The van der Waals surface area contributed by atoms with Gasteiger partial charge in [0.05, 0.1) is 29.6 Å². The Hall–Kier alpha value is -4.46. The Morgan fingerprint density at radius 2 is 1.61 bits per heavy atom. The molecule has 41 heavy (non-hydrogen) atoms. The molecular weight excluding hydrogens is 516 g/mol. The van der Waals surface area contributed by atoms with Gasteiger partial charge in [0.1, 0.15) is 5.75 Å². The van der Waals surface area contributed by atoms with Crippen molar-refractivity contribution in [2.75, 3.05) is 16.4 Å². The molecule has 0 bridgehead atoms. The SMILES string of the molecule is C[C@@H]1C[C@H](CCO)O[C@@]12C(=O)N(Cc1cccc(N3C(=O)c4ccccc4Oc4ccccc43)c1)c1ccccc12. The van der Waals surface area contributed by atoms with E-state index in [1.807, 2.05) is 84.9 Å². The van der Waals surface area contributed by atoms with Crippen LogP contribution in [0.3, 0.4) is 0 Å². The molecule has 1 N–H and O–H groups in total. The fourth-order valence-electron chi connectivity index (χ4n) is 6.55. The van der Waals surface area contributed by atoms with E-state index in [9.17, 15) is 14.7 Å². The fraction of sp³-hybridized carbons (Fsp3) is 0.235. The van der Waals surface area contributed by atoms with Crippen LogP contribution < -0.4 is 14.5 Å². The molecule has 1 spiro atoms. The first-order chi connectivity index (χ1) is 20.0. The lowest BCUT2D eigenvalue weighted by Gasteiger charge is -2.28. The Balaban J connectivity index is 1.26. The topological polar surface area (TPSA) is 79.3 Å². The van der Waals surface area contributed by atoms with Gasteiger partial charge in [0, 0.05) is 23.8 Å². The first-order valence-corrected chi connectivity index (χ1v) is 14.0. The minimum absolute atomic E-state index is 0.0215. The third-order valence-corrected chi connectivity index (χ3v) is 8.43. The number of benzene rings is 4. The molecule has 4 aromatic rings. The van der Waals surface area contributed by atoms with E-state index >= 15 is 0 Å². The molecule has 7 nitrogen and oxygen atoms in total. The minimum Gasteiger partial charge on any atom is -0.454 e. The number of aliphatic hydroxyl groups excluding tert-OH is 1. The standard InChI is InChI=1S/C34H30N2O5/c1-22-19-25(17-18-37)41-34(22)27-12-3-4-13-28(27)35(33(34)39)21-23-9-8-10-24(20-23)36-29-14-5-7-16-31(29)40-30-15-6-2-11-26(30)32(36)38/h2-16,20,22,25,37H,17-19,21H2,1H3/t22-,25+,34+/m1/s1. The molecule has 0 aromatic heterocycles.